The number of aryl methyl sites for hydroxylation is 1. The number of hydrogen-bond acceptors (Lipinski definition) is 4. The number of nitrogens with one attached hydrogen (secondary N) is 2. The molecule has 0 aliphatic carbocycles. The number of aromatic amines is 1. The Kier molecular flexibility index (Phi) is 6.24. The predicted molar refractivity (Wildman–Crippen MR) is 99.7 cm³/mol. The normalized spacial score (nSPS) is 11.3. The van der Waals surface area contributed by atoms with Gasteiger partial charge in [0, 0.05) is 24.9 Å². The van der Waals surface area contributed by atoms with Crippen LogP contribution in [0, 0.1) is 5.82 Å². The molecule has 0 atom stereocenters. The summed E-state index contributed by atoms with van der Waals surface area (Å²) in [5, 5.41) is 10.2. The first-order chi connectivity index (χ1) is 14.2. The zero-order valence-electron chi connectivity index (χ0n) is 15.5. The van der Waals surface area contributed by atoms with Crippen LogP contribution in [0.15, 0.2) is 53.3 Å². The van der Waals surface area contributed by atoms with Gasteiger partial charge < -0.3 is 10.3 Å². The van der Waals surface area contributed by atoms with Gasteiger partial charge in [0.1, 0.15) is 11.5 Å². The minimum Gasteiger partial charge on any atom is -0.352 e. The highest BCUT2D eigenvalue weighted by atomic mass is 19.4. The number of amides is 1. The van der Waals surface area contributed by atoms with E-state index in [0.717, 1.165) is 12.1 Å². The van der Waals surface area contributed by atoms with E-state index in [9.17, 15) is 27.2 Å². The van der Waals surface area contributed by atoms with E-state index in [1.165, 1.54) is 36.4 Å². The second-order valence-electron chi connectivity index (χ2n) is 6.43. The Labute approximate surface area is 168 Å². The van der Waals surface area contributed by atoms with Crippen molar-refractivity contribution in [1.82, 2.24) is 20.5 Å². The fourth-order valence-electron chi connectivity index (χ4n) is 2.64. The lowest BCUT2D eigenvalue weighted by molar-refractivity contribution is -0.137. The molecule has 0 spiro atoms. The molecule has 3 rings (SSSR count). The first-order valence-corrected chi connectivity index (χ1v) is 8.87. The van der Waals surface area contributed by atoms with E-state index in [1.807, 2.05) is 0 Å². The molecule has 0 fully saturated rings. The van der Waals surface area contributed by atoms with Crippen molar-refractivity contribution >= 4 is 5.91 Å². The van der Waals surface area contributed by atoms with Gasteiger partial charge in [-0.3, -0.25) is 9.59 Å². The standard InChI is InChI=1S/C20H16F4N4O2/c21-15-6-4-13(5-7-15)18-26-19(30)16(27-28-18)8-9-17(29)25-11-12-2-1-3-14(10-12)20(22,23)24/h1-7,10H,8-9,11H2,(H,25,29)(H,26,28,30). The number of hydrogen-bond donors (Lipinski definition) is 2. The predicted octanol–water partition coefficient (Wildman–Crippen LogP) is 3.24. The zero-order valence-corrected chi connectivity index (χ0v) is 15.5. The lowest BCUT2D eigenvalue weighted by Crippen LogP contribution is -2.25. The van der Waals surface area contributed by atoms with Crippen molar-refractivity contribution in [3.8, 4) is 11.4 Å². The Hall–Kier alpha value is -3.56. The number of halogens is 4. The van der Waals surface area contributed by atoms with E-state index in [-0.39, 0.29) is 30.9 Å². The third-order valence-corrected chi connectivity index (χ3v) is 4.22. The summed E-state index contributed by atoms with van der Waals surface area (Å²) < 4.78 is 51.1. The average Bonchev–Trinajstić information content (AvgIpc) is 2.71. The van der Waals surface area contributed by atoms with Gasteiger partial charge in [0.2, 0.25) is 5.91 Å². The van der Waals surface area contributed by atoms with Crippen molar-refractivity contribution < 1.29 is 22.4 Å². The topological polar surface area (TPSA) is 87.7 Å². The Morgan fingerprint density at radius 1 is 1.07 bits per heavy atom. The van der Waals surface area contributed by atoms with Gasteiger partial charge in [-0.1, -0.05) is 12.1 Å². The smallest absolute Gasteiger partial charge is 0.352 e. The molecule has 2 aromatic carbocycles. The van der Waals surface area contributed by atoms with Gasteiger partial charge in [0.05, 0.1) is 5.56 Å². The maximum absolute atomic E-state index is 13.0. The summed E-state index contributed by atoms with van der Waals surface area (Å²) in [6.45, 7) is -0.0751. The second kappa shape index (κ2) is 8.85. The van der Waals surface area contributed by atoms with E-state index < -0.39 is 29.0 Å². The SMILES string of the molecule is O=C(CCc1nnc(-c2ccc(F)cc2)[nH]c1=O)NCc1cccc(C(F)(F)F)c1. The first kappa shape index (κ1) is 21.2. The number of carbonyl (C=O) groups excluding carboxylic acids is 1. The molecule has 0 saturated heterocycles. The summed E-state index contributed by atoms with van der Waals surface area (Å²) in [5.41, 5.74) is -0.506. The van der Waals surface area contributed by atoms with Gasteiger partial charge in [0.25, 0.3) is 5.56 Å². The van der Waals surface area contributed by atoms with Gasteiger partial charge in [-0.15, -0.1) is 10.2 Å². The van der Waals surface area contributed by atoms with Crippen molar-refractivity contribution in [2.75, 3.05) is 0 Å². The van der Waals surface area contributed by atoms with Crippen LogP contribution >= 0.6 is 0 Å². The van der Waals surface area contributed by atoms with Gasteiger partial charge in [-0.2, -0.15) is 13.2 Å². The largest absolute Gasteiger partial charge is 0.416 e. The highest BCUT2D eigenvalue weighted by molar-refractivity contribution is 5.76. The lowest BCUT2D eigenvalue weighted by atomic mass is 10.1. The molecule has 3 aromatic rings. The number of carbonyl (C=O) groups is 1. The van der Waals surface area contributed by atoms with E-state index in [4.69, 9.17) is 0 Å². The molecular weight excluding hydrogens is 404 g/mol. The number of H-pyrrole nitrogens is 1. The third-order valence-electron chi connectivity index (χ3n) is 4.22. The average molecular weight is 420 g/mol. The van der Waals surface area contributed by atoms with Crippen LogP contribution < -0.4 is 10.9 Å². The summed E-state index contributed by atoms with van der Waals surface area (Å²) in [4.78, 5) is 26.6. The quantitative estimate of drug-likeness (QED) is 0.600. The van der Waals surface area contributed by atoms with Crippen LogP contribution in [0.3, 0.4) is 0 Å². The van der Waals surface area contributed by atoms with E-state index in [1.54, 1.807) is 0 Å². The second-order valence-corrected chi connectivity index (χ2v) is 6.43. The molecule has 156 valence electrons. The molecule has 1 amide bonds. The Bertz CT molecular complexity index is 1090. The minimum absolute atomic E-state index is 0.000452. The van der Waals surface area contributed by atoms with Crippen molar-refractivity contribution in [1.29, 1.82) is 0 Å². The monoisotopic (exact) mass is 420 g/mol. The number of rotatable bonds is 6. The van der Waals surface area contributed by atoms with Crippen LogP contribution in [0.2, 0.25) is 0 Å². The van der Waals surface area contributed by atoms with Crippen LogP contribution in [0.1, 0.15) is 23.2 Å². The van der Waals surface area contributed by atoms with Gasteiger partial charge in [0.15, 0.2) is 5.82 Å². The third kappa shape index (κ3) is 5.49. The maximum atomic E-state index is 13.0. The van der Waals surface area contributed by atoms with E-state index >= 15 is 0 Å². The van der Waals surface area contributed by atoms with Crippen molar-refractivity contribution in [2.45, 2.75) is 25.6 Å². The van der Waals surface area contributed by atoms with Crippen LogP contribution in [0.4, 0.5) is 17.6 Å². The van der Waals surface area contributed by atoms with Crippen molar-refractivity contribution in [3.05, 3.63) is 81.5 Å². The number of alkyl halides is 3. The maximum Gasteiger partial charge on any atom is 0.416 e. The molecular formula is C20H16F4N4O2. The highest BCUT2D eigenvalue weighted by Gasteiger charge is 2.30. The van der Waals surface area contributed by atoms with Crippen molar-refractivity contribution in [2.24, 2.45) is 0 Å². The summed E-state index contributed by atoms with van der Waals surface area (Å²) in [6, 6.07) is 9.97. The fraction of sp³-hybridized carbons (Fsp3) is 0.200. The molecule has 0 bridgehead atoms. The molecule has 0 saturated carbocycles. The van der Waals surface area contributed by atoms with Crippen molar-refractivity contribution in [3.63, 3.8) is 0 Å². The molecule has 0 aliphatic heterocycles. The van der Waals surface area contributed by atoms with Crippen LogP contribution in [-0.4, -0.2) is 21.1 Å². The highest BCUT2D eigenvalue weighted by Crippen LogP contribution is 2.29. The molecule has 0 unspecified atom stereocenters. The molecule has 2 N–H and O–H groups in total. The fourth-order valence-corrected chi connectivity index (χ4v) is 2.64. The molecule has 1 heterocycles. The first-order valence-electron chi connectivity index (χ1n) is 8.87. The number of aromatic nitrogens is 3. The summed E-state index contributed by atoms with van der Waals surface area (Å²) in [7, 11) is 0. The minimum atomic E-state index is -4.46. The van der Waals surface area contributed by atoms with Gasteiger partial charge in [-0.25, -0.2) is 4.39 Å². The molecule has 10 heteroatoms. The lowest BCUT2D eigenvalue weighted by Gasteiger charge is -2.09. The van der Waals surface area contributed by atoms with Crippen LogP contribution in [0.25, 0.3) is 11.4 Å². The summed E-state index contributed by atoms with van der Waals surface area (Å²) in [6.07, 6.45) is -4.55. The molecule has 0 radical (unpaired) electrons. The Morgan fingerprint density at radius 2 is 1.80 bits per heavy atom. The van der Waals surface area contributed by atoms with E-state index in [2.05, 4.69) is 20.5 Å². The molecule has 1 aromatic heterocycles. The van der Waals surface area contributed by atoms with Gasteiger partial charge in [-0.05, 0) is 42.0 Å². The number of benzene rings is 2. The van der Waals surface area contributed by atoms with Crippen LogP contribution in [-0.2, 0) is 23.9 Å². The molecule has 6 nitrogen and oxygen atoms in total. The summed E-state index contributed by atoms with van der Waals surface area (Å²) >= 11 is 0. The summed E-state index contributed by atoms with van der Waals surface area (Å²) in [5.74, 6) is -0.712. The number of nitrogens with zero attached hydrogens (tertiary/aromatic N) is 2. The Morgan fingerprint density at radius 3 is 2.47 bits per heavy atom. The Balaban J connectivity index is 1.56. The zero-order chi connectivity index (χ0) is 21.7. The van der Waals surface area contributed by atoms with E-state index in [0.29, 0.717) is 11.1 Å². The van der Waals surface area contributed by atoms with Gasteiger partial charge >= 0.3 is 6.18 Å². The van der Waals surface area contributed by atoms with Crippen LogP contribution in [0.5, 0.6) is 0 Å². The molecule has 30 heavy (non-hydrogen) atoms. The molecule has 0 aliphatic rings.